The van der Waals surface area contributed by atoms with E-state index < -0.39 is 0 Å². The normalized spacial score (nSPS) is 19.2. The lowest BCUT2D eigenvalue weighted by molar-refractivity contribution is 0.480. The molecule has 1 nitrogen and oxygen atoms in total. The average molecular weight is 238 g/mol. The van der Waals surface area contributed by atoms with Crippen LogP contribution in [0.3, 0.4) is 0 Å². The molecule has 2 rings (SSSR count). The van der Waals surface area contributed by atoms with Crippen molar-refractivity contribution in [3.63, 3.8) is 0 Å². The van der Waals surface area contributed by atoms with E-state index in [4.69, 9.17) is 5.73 Å². The number of halogens is 1. The van der Waals surface area contributed by atoms with E-state index >= 15 is 0 Å². The molecule has 2 N–H and O–H groups in total. The van der Waals surface area contributed by atoms with Gasteiger partial charge in [0, 0.05) is 10.0 Å². The van der Waals surface area contributed by atoms with Crippen LogP contribution in [0.25, 0.3) is 0 Å². The van der Waals surface area contributed by atoms with E-state index in [-0.39, 0.29) is 5.54 Å². The van der Waals surface area contributed by atoms with Crippen molar-refractivity contribution in [2.45, 2.75) is 18.4 Å². The highest BCUT2D eigenvalue weighted by Crippen LogP contribution is 2.32. The van der Waals surface area contributed by atoms with Crippen LogP contribution in [0.1, 0.15) is 18.4 Å². The number of benzene rings is 1. The molecule has 13 heavy (non-hydrogen) atoms. The molecule has 1 aliphatic rings. The molecule has 0 fully saturated rings. The second-order valence-electron chi connectivity index (χ2n) is 3.55. The van der Waals surface area contributed by atoms with Crippen LogP contribution in [0.15, 0.2) is 40.9 Å². The zero-order valence-electron chi connectivity index (χ0n) is 7.33. The van der Waals surface area contributed by atoms with Gasteiger partial charge in [0.1, 0.15) is 0 Å². The maximum absolute atomic E-state index is 6.27. The summed E-state index contributed by atoms with van der Waals surface area (Å²) in [6.07, 6.45) is 6.20. The molecule has 2 heteroatoms. The highest BCUT2D eigenvalue weighted by molar-refractivity contribution is 9.10. The minimum Gasteiger partial charge on any atom is -0.321 e. The first-order valence-electron chi connectivity index (χ1n) is 4.41. The minimum atomic E-state index is -0.163. The summed E-state index contributed by atoms with van der Waals surface area (Å²) in [4.78, 5) is 0. The number of hydrogen-bond acceptors (Lipinski definition) is 1. The van der Waals surface area contributed by atoms with E-state index in [2.05, 4.69) is 40.2 Å². The molecule has 0 spiro atoms. The Morgan fingerprint density at radius 1 is 1.23 bits per heavy atom. The van der Waals surface area contributed by atoms with E-state index in [9.17, 15) is 0 Å². The number of rotatable bonds is 1. The lowest BCUT2D eigenvalue weighted by Gasteiger charge is -2.24. The van der Waals surface area contributed by atoms with Gasteiger partial charge in [0.15, 0.2) is 0 Å². The summed E-state index contributed by atoms with van der Waals surface area (Å²) in [7, 11) is 0. The molecule has 0 heterocycles. The summed E-state index contributed by atoms with van der Waals surface area (Å²) in [6.45, 7) is 0. The lowest BCUT2D eigenvalue weighted by Crippen LogP contribution is -2.33. The number of hydrogen-bond donors (Lipinski definition) is 1. The lowest BCUT2D eigenvalue weighted by atomic mass is 9.89. The average Bonchev–Trinajstić information content (AvgIpc) is 2.54. The van der Waals surface area contributed by atoms with Crippen molar-refractivity contribution in [2.75, 3.05) is 0 Å². The Labute approximate surface area is 86.8 Å². The predicted molar refractivity (Wildman–Crippen MR) is 58.4 cm³/mol. The third-order valence-electron chi connectivity index (χ3n) is 2.53. The Kier molecular flexibility index (Phi) is 2.26. The smallest absolute Gasteiger partial charge is 0.0479 e. The van der Waals surface area contributed by atoms with Crippen LogP contribution >= 0.6 is 15.9 Å². The van der Waals surface area contributed by atoms with E-state index in [1.54, 1.807) is 0 Å². The van der Waals surface area contributed by atoms with Gasteiger partial charge in [0.05, 0.1) is 0 Å². The minimum absolute atomic E-state index is 0.163. The van der Waals surface area contributed by atoms with E-state index in [1.165, 1.54) is 5.56 Å². The number of nitrogens with two attached hydrogens (primary N) is 1. The van der Waals surface area contributed by atoms with Crippen LogP contribution in [0, 0.1) is 0 Å². The van der Waals surface area contributed by atoms with Gasteiger partial charge in [-0.25, -0.2) is 0 Å². The van der Waals surface area contributed by atoms with E-state index in [0.29, 0.717) is 0 Å². The molecule has 0 unspecified atom stereocenters. The van der Waals surface area contributed by atoms with Crippen LogP contribution in [-0.2, 0) is 5.54 Å². The van der Waals surface area contributed by atoms with E-state index in [1.807, 2.05) is 12.1 Å². The van der Waals surface area contributed by atoms with Gasteiger partial charge in [-0.2, -0.15) is 0 Å². The van der Waals surface area contributed by atoms with Gasteiger partial charge in [-0.15, -0.1) is 0 Å². The van der Waals surface area contributed by atoms with Crippen LogP contribution < -0.4 is 5.73 Å². The summed E-state index contributed by atoms with van der Waals surface area (Å²) < 4.78 is 1.10. The topological polar surface area (TPSA) is 26.0 Å². The Morgan fingerprint density at radius 2 is 1.92 bits per heavy atom. The predicted octanol–water partition coefficient (Wildman–Crippen LogP) is 2.95. The van der Waals surface area contributed by atoms with Gasteiger partial charge >= 0.3 is 0 Å². The molecule has 1 aromatic carbocycles. The van der Waals surface area contributed by atoms with Crippen molar-refractivity contribution in [1.29, 1.82) is 0 Å². The summed E-state index contributed by atoms with van der Waals surface area (Å²) in [5, 5.41) is 0. The molecule has 0 aliphatic heterocycles. The van der Waals surface area contributed by atoms with Crippen molar-refractivity contribution in [3.05, 3.63) is 46.5 Å². The quantitative estimate of drug-likeness (QED) is 0.748. The van der Waals surface area contributed by atoms with Crippen molar-refractivity contribution >= 4 is 15.9 Å². The van der Waals surface area contributed by atoms with Gasteiger partial charge in [0.2, 0.25) is 0 Å². The zero-order chi connectivity index (χ0) is 9.31. The second-order valence-corrected chi connectivity index (χ2v) is 4.46. The molecule has 1 aromatic rings. The van der Waals surface area contributed by atoms with Gasteiger partial charge < -0.3 is 5.73 Å². The maximum Gasteiger partial charge on any atom is 0.0479 e. The molecular weight excluding hydrogens is 226 g/mol. The standard InChI is InChI=1S/C11H12BrN/c12-10-5-3-4-9(8-10)11(13)6-1-2-7-11/h1-5,8H,6-7,13H2. The molecule has 0 atom stereocenters. The van der Waals surface area contributed by atoms with Crippen molar-refractivity contribution in [1.82, 2.24) is 0 Å². The van der Waals surface area contributed by atoms with E-state index in [0.717, 1.165) is 17.3 Å². The molecule has 0 saturated carbocycles. The largest absolute Gasteiger partial charge is 0.321 e. The van der Waals surface area contributed by atoms with Gasteiger partial charge in [-0.1, -0.05) is 40.2 Å². The maximum atomic E-state index is 6.27. The Balaban J connectivity index is 2.35. The SMILES string of the molecule is NC1(c2cccc(Br)c2)CC=CC1. The Morgan fingerprint density at radius 3 is 2.54 bits per heavy atom. The molecule has 0 saturated heterocycles. The highest BCUT2D eigenvalue weighted by atomic mass is 79.9. The first kappa shape index (κ1) is 8.97. The third kappa shape index (κ3) is 1.69. The molecule has 0 bridgehead atoms. The fourth-order valence-corrected chi connectivity index (χ4v) is 2.10. The third-order valence-corrected chi connectivity index (χ3v) is 3.02. The summed E-state index contributed by atoms with van der Waals surface area (Å²) in [6, 6.07) is 8.26. The van der Waals surface area contributed by atoms with Crippen LogP contribution in [0.2, 0.25) is 0 Å². The van der Waals surface area contributed by atoms with Crippen molar-refractivity contribution in [3.8, 4) is 0 Å². The van der Waals surface area contributed by atoms with Crippen molar-refractivity contribution in [2.24, 2.45) is 5.73 Å². The fourth-order valence-electron chi connectivity index (χ4n) is 1.70. The van der Waals surface area contributed by atoms with Crippen LogP contribution in [0.5, 0.6) is 0 Å². The molecule has 68 valence electrons. The van der Waals surface area contributed by atoms with Crippen molar-refractivity contribution < 1.29 is 0 Å². The fraction of sp³-hybridized carbons (Fsp3) is 0.273. The monoisotopic (exact) mass is 237 g/mol. The van der Waals surface area contributed by atoms with Crippen LogP contribution in [0.4, 0.5) is 0 Å². The molecule has 0 aromatic heterocycles. The summed E-state index contributed by atoms with van der Waals surface area (Å²) in [5.41, 5.74) is 7.32. The Hall–Kier alpha value is -0.600. The second kappa shape index (κ2) is 3.28. The Bertz CT molecular complexity index is 336. The first-order chi connectivity index (χ1) is 6.21. The molecular formula is C11H12BrN. The molecule has 0 radical (unpaired) electrons. The van der Waals surface area contributed by atoms with Gasteiger partial charge in [0.25, 0.3) is 0 Å². The molecule has 0 amide bonds. The van der Waals surface area contributed by atoms with Gasteiger partial charge in [-0.05, 0) is 30.5 Å². The summed E-state index contributed by atoms with van der Waals surface area (Å²) in [5.74, 6) is 0. The zero-order valence-corrected chi connectivity index (χ0v) is 8.92. The molecule has 1 aliphatic carbocycles. The summed E-state index contributed by atoms with van der Waals surface area (Å²) >= 11 is 3.46. The highest BCUT2D eigenvalue weighted by Gasteiger charge is 2.27. The first-order valence-corrected chi connectivity index (χ1v) is 5.20. The van der Waals surface area contributed by atoms with Crippen LogP contribution in [-0.4, -0.2) is 0 Å². The van der Waals surface area contributed by atoms with Gasteiger partial charge in [-0.3, -0.25) is 0 Å².